The van der Waals surface area contributed by atoms with Crippen LogP contribution in [0.2, 0.25) is 0 Å². The van der Waals surface area contributed by atoms with E-state index in [-0.39, 0.29) is 0 Å². The quantitative estimate of drug-likeness (QED) is 0.414. The van der Waals surface area contributed by atoms with Gasteiger partial charge in [-0.1, -0.05) is 6.42 Å². The minimum atomic E-state index is 0.339. The molecule has 7 heteroatoms. The maximum atomic E-state index is 5.41. The van der Waals surface area contributed by atoms with Gasteiger partial charge in [-0.15, -0.1) is 0 Å². The number of likely N-dealkylation sites (tertiary alicyclic amines) is 1. The van der Waals surface area contributed by atoms with Crippen LogP contribution >= 0.6 is 0 Å². The molecular formula is C24H40N4O3. The summed E-state index contributed by atoms with van der Waals surface area (Å²) in [4.78, 5) is 7.44. The van der Waals surface area contributed by atoms with Crippen molar-refractivity contribution in [2.24, 2.45) is 10.4 Å². The molecule has 0 spiro atoms. The number of aliphatic imine (C=N–C) groups is 1. The summed E-state index contributed by atoms with van der Waals surface area (Å²) >= 11 is 0. The highest BCUT2D eigenvalue weighted by Crippen LogP contribution is 2.44. The Labute approximate surface area is 187 Å². The molecule has 1 unspecified atom stereocenters. The average molecular weight is 433 g/mol. The van der Waals surface area contributed by atoms with Gasteiger partial charge in [0.05, 0.1) is 14.2 Å². The van der Waals surface area contributed by atoms with E-state index in [0.717, 1.165) is 69.6 Å². The molecule has 1 atom stereocenters. The largest absolute Gasteiger partial charge is 0.497 e. The molecule has 3 rings (SSSR count). The first-order chi connectivity index (χ1) is 15.1. The summed E-state index contributed by atoms with van der Waals surface area (Å²) in [5, 5.41) is 7.11. The highest BCUT2D eigenvalue weighted by Gasteiger charge is 2.36. The van der Waals surface area contributed by atoms with Crippen molar-refractivity contribution >= 4 is 5.96 Å². The Hall–Kier alpha value is -1.99. The van der Waals surface area contributed by atoms with Crippen LogP contribution in [0.25, 0.3) is 0 Å². The van der Waals surface area contributed by atoms with Gasteiger partial charge in [-0.25, -0.2) is 0 Å². The van der Waals surface area contributed by atoms with Crippen molar-refractivity contribution in [3.05, 3.63) is 23.8 Å². The van der Waals surface area contributed by atoms with Crippen LogP contribution in [0.3, 0.4) is 0 Å². The normalized spacial score (nSPS) is 20.9. The summed E-state index contributed by atoms with van der Waals surface area (Å²) in [6.45, 7) is 7.65. The van der Waals surface area contributed by atoms with E-state index in [1.54, 1.807) is 21.3 Å². The number of nitrogens with zero attached hydrogens (tertiary/aromatic N) is 2. The molecule has 1 saturated carbocycles. The number of hydrogen-bond donors (Lipinski definition) is 2. The maximum Gasteiger partial charge on any atom is 0.191 e. The van der Waals surface area contributed by atoms with Gasteiger partial charge in [0.15, 0.2) is 5.96 Å². The number of methoxy groups -OCH3 is 3. The highest BCUT2D eigenvalue weighted by molar-refractivity contribution is 5.80. The van der Waals surface area contributed by atoms with E-state index in [0.29, 0.717) is 11.5 Å². The number of guanidine groups is 1. The minimum absolute atomic E-state index is 0.339. The monoisotopic (exact) mass is 432 g/mol. The van der Waals surface area contributed by atoms with Gasteiger partial charge in [-0.2, -0.15) is 0 Å². The van der Waals surface area contributed by atoms with Crippen LogP contribution in [0.1, 0.15) is 44.6 Å². The van der Waals surface area contributed by atoms with E-state index in [4.69, 9.17) is 19.2 Å². The van der Waals surface area contributed by atoms with Gasteiger partial charge >= 0.3 is 0 Å². The van der Waals surface area contributed by atoms with Gasteiger partial charge in [0.1, 0.15) is 11.5 Å². The SMILES string of the molecule is CCNC(=NCC1(CCOC)CCC1)NC1CCN(Cc2cc(OC)cc(OC)c2)C1. The van der Waals surface area contributed by atoms with Gasteiger partial charge in [0.2, 0.25) is 0 Å². The Morgan fingerprint density at radius 2 is 1.90 bits per heavy atom. The Morgan fingerprint density at radius 3 is 2.48 bits per heavy atom. The van der Waals surface area contributed by atoms with Crippen LogP contribution in [0.5, 0.6) is 11.5 Å². The average Bonchev–Trinajstić information content (AvgIpc) is 3.19. The molecule has 1 heterocycles. The van der Waals surface area contributed by atoms with Crippen LogP contribution in [-0.2, 0) is 11.3 Å². The minimum Gasteiger partial charge on any atom is -0.497 e. The first kappa shape index (κ1) is 23.7. The van der Waals surface area contributed by atoms with E-state index >= 15 is 0 Å². The molecule has 0 amide bonds. The second-order valence-corrected chi connectivity index (χ2v) is 8.88. The fraction of sp³-hybridized carbons (Fsp3) is 0.708. The Kier molecular flexibility index (Phi) is 8.84. The van der Waals surface area contributed by atoms with E-state index < -0.39 is 0 Å². The Bertz CT molecular complexity index is 699. The second kappa shape index (κ2) is 11.6. The molecule has 1 aromatic carbocycles. The fourth-order valence-corrected chi connectivity index (χ4v) is 4.55. The lowest BCUT2D eigenvalue weighted by atomic mass is 9.67. The summed E-state index contributed by atoms with van der Waals surface area (Å²) in [5.41, 5.74) is 1.55. The van der Waals surface area contributed by atoms with Crippen molar-refractivity contribution in [3.8, 4) is 11.5 Å². The van der Waals surface area contributed by atoms with E-state index in [9.17, 15) is 0 Å². The second-order valence-electron chi connectivity index (χ2n) is 8.88. The summed E-state index contributed by atoms with van der Waals surface area (Å²) in [5.74, 6) is 2.62. The fourth-order valence-electron chi connectivity index (χ4n) is 4.55. The maximum absolute atomic E-state index is 5.41. The van der Waals surface area contributed by atoms with Gasteiger partial charge in [0.25, 0.3) is 0 Å². The van der Waals surface area contributed by atoms with Crippen molar-refractivity contribution < 1.29 is 14.2 Å². The lowest BCUT2D eigenvalue weighted by Crippen LogP contribution is -2.45. The molecule has 1 aromatic rings. The zero-order valence-electron chi connectivity index (χ0n) is 19.7. The molecule has 2 N–H and O–H groups in total. The van der Waals surface area contributed by atoms with Crippen molar-refractivity contribution in [1.82, 2.24) is 15.5 Å². The third-order valence-electron chi connectivity index (χ3n) is 6.60. The number of ether oxygens (including phenoxy) is 3. The van der Waals surface area contributed by atoms with Crippen molar-refractivity contribution in [2.75, 3.05) is 54.1 Å². The molecule has 174 valence electrons. The van der Waals surface area contributed by atoms with Crippen LogP contribution in [0, 0.1) is 5.41 Å². The predicted molar refractivity (Wildman–Crippen MR) is 125 cm³/mol. The molecule has 1 saturated heterocycles. The molecule has 0 aromatic heterocycles. The molecule has 1 aliphatic carbocycles. The molecule has 1 aliphatic heterocycles. The zero-order valence-corrected chi connectivity index (χ0v) is 19.7. The third-order valence-corrected chi connectivity index (χ3v) is 6.60. The van der Waals surface area contributed by atoms with Crippen molar-refractivity contribution in [3.63, 3.8) is 0 Å². The van der Waals surface area contributed by atoms with Crippen molar-refractivity contribution in [2.45, 2.75) is 51.6 Å². The molecule has 0 radical (unpaired) electrons. The highest BCUT2D eigenvalue weighted by atomic mass is 16.5. The van der Waals surface area contributed by atoms with Gasteiger partial charge < -0.3 is 24.8 Å². The van der Waals surface area contributed by atoms with Crippen LogP contribution < -0.4 is 20.1 Å². The Morgan fingerprint density at radius 1 is 1.16 bits per heavy atom. The molecular weight excluding hydrogens is 392 g/mol. The van der Waals surface area contributed by atoms with E-state index in [2.05, 4.69) is 34.6 Å². The molecule has 2 fully saturated rings. The lowest BCUT2D eigenvalue weighted by Gasteiger charge is -2.41. The first-order valence-electron chi connectivity index (χ1n) is 11.6. The number of benzene rings is 1. The van der Waals surface area contributed by atoms with Gasteiger partial charge in [-0.05, 0) is 55.7 Å². The number of nitrogens with one attached hydrogen (secondary N) is 2. The predicted octanol–water partition coefficient (Wildman–Crippen LogP) is 3.04. The summed E-state index contributed by atoms with van der Waals surface area (Å²) < 4.78 is 16.1. The molecule has 2 aliphatic rings. The molecule has 0 bridgehead atoms. The van der Waals surface area contributed by atoms with Crippen molar-refractivity contribution in [1.29, 1.82) is 0 Å². The topological polar surface area (TPSA) is 67.4 Å². The molecule has 31 heavy (non-hydrogen) atoms. The number of hydrogen-bond acceptors (Lipinski definition) is 5. The van der Waals surface area contributed by atoms with E-state index in [1.165, 1.54) is 24.8 Å². The third kappa shape index (κ3) is 6.74. The summed E-state index contributed by atoms with van der Waals surface area (Å²) in [6, 6.07) is 6.50. The standard InChI is InChI=1S/C24H40N4O3/c1-5-25-23(26-18-24(8-6-9-24)10-12-29-2)27-20-7-11-28(17-20)16-19-13-21(30-3)15-22(14-19)31-4/h13-15,20H,5-12,16-18H2,1-4H3,(H2,25,26,27). The summed E-state index contributed by atoms with van der Waals surface area (Å²) in [6.07, 6.45) is 6.06. The summed E-state index contributed by atoms with van der Waals surface area (Å²) in [7, 11) is 5.17. The first-order valence-corrected chi connectivity index (χ1v) is 11.6. The number of rotatable bonds is 11. The van der Waals surface area contributed by atoms with Gasteiger partial charge in [-0.3, -0.25) is 9.89 Å². The van der Waals surface area contributed by atoms with Crippen LogP contribution in [-0.4, -0.2) is 71.0 Å². The smallest absolute Gasteiger partial charge is 0.191 e. The lowest BCUT2D eigenvalue weighted by molar-refractivity contribution is 0.0778. The van der Waals surface area contributed by atoms with Crippen LogP contribution in [0.15, 0.2) is 23.2 Å². The molecule has 7 nitrogen and oxygen atoms in total. The Balaban J connectivity index is 1.54. The van der Waals surface area contributed by atoms with Crippen LogP contribution in [0.4, 0.5) is 0 Å². The van der Waals surface area contributed by atoms with E-state index in [1.807, 2.05) is 6.07 Å². The zero-order chi connectivity index (χ0) is 22.1. The van der Waals surface area contributed by atoms with Gasteiger partial charge in [0, 0.05) is 58.5 Å².